The zero-order valence-electron chi connectivity index (χ0n) is 14.3. The summed E-state index contributed by atoms with van der Waals surface area (Å²) in [6.45, 7) is 7.03. The Morgan fingerprint density at radius 1 is 1.28 bits per heavy atom. The minimum atomic E-state index is -4.48. The molecule has 2 heterocycles. The Kier molecular flexibility index (Phi) is 4.33. The van der Waals surface area contributed by atoms with Crippen LogP contribution in [0.15, 0.2) is 18.3 Å². The van der Waals surface area contributed by atoms with E-state index in [9.17, 15) is 18.0 Å². The fourth-order valence-corrected chi connectivity index (χ4v) is 3.22. The molecule has 0 N–H and O–H groups in total. The molecule has 1 amide bonds. The molecule has 0 bridgehead atoms. The number of pyridine rings is 1. The van der Waals surface area contributed by atoms with Crippen molar-refractivity contribution in [3.63, 3.8) is 0 Å². The van der Waals surface area contributed by atoms with Gasteiger partial charge in [0.2, 0.25) is 0 Å². The molecule has 2 atom stereocenters. The second kappa shape index (κ2) is 6.07. The van der Waals surface area contributed by atoms with E-state index < -0.39 is 17.5 Å². The highest BCUT2D eigenvalue weighted by Crippen LogP contribution is 2.52. The van der Waals surface area contributed by atoms with Crippen molar-refractivity contribution >= 4 is 6.09 Å². The van der Waals surface area contributed by atoms with Crippen LogP contribution in [-0.2, 0) is 10.9 Å². The van der Waals surface area contributed by atoms with Crippen molar-refractivity contribution in [1.82, 2.24) is 9.88 Å². The van der Waals surface area contributed by atoms with Crippen LogP contribution < -0.4 is 4.74 Å². The van der Waals surface area contributed by atoms with Crippen LogP contribution in [0.3, 0.4) is 0 Å². The van der Waals surface area contributed by atoms with Crippen molar-refractivity contribution in [1.29, 1.82) is 0 Å². The third-order valence-electron chi connectivity index (χ3n) is 4.49. The Labute approximate surface area is 144 Å². The van der Waals surface area contributed by atoms with E-state index in [0.29, 0.717) is 31.5 Å². The largest absolute Gasteiger partial charge is 0.493 e. The zero-order valence-corrected chi connectivity index (χ0v) is 14.3. The van der Waals surface area contributed by atoms with Gasteiger partial charge in [0.25, 0.3) is 0 Å². The normalized spacial score (nSPS) is 25.5. The van der Waals surface area contributed by atoms with E-state index >= 15 is 0 Å². The van der Waals surface area contributed by atoms with Crippen molar-refractivity contribution < 1.29 is 27.4 Å². The van der Waals surface area contributed by atoms with Gasteiger partial charge in [0.05, 0.1) is 6.61 Å². The predicted molar refractivity (Wildman–Crippen MR) is 83.0 cm³/mol. The average molecular weight is 358 g/mol. The van der Waals surface area contributed by atoms with Crippen molar-refractivity contribution in [2.75, 3.05) is 19.7 Å². The van der Waals surface area contributed by atoms with Gasteiger partial charge >= 0.3 is 12.3 Å². The Balaban J connectivity index is 1.47. The van der Waals surface area contributed by atoms with Crippen LogP contribution in [0.1, 0.15) is 26.5 Å². The molecule has 8 heteroatoms. The molecule has 2 aliphatic rings. The van der Waals surface area contributed by atoms with Crippen LogP contribution in [0, 0.1) is 17.8 Å². The third-order valence-corrected chi connectivity index (χ3v) is 4.49. The topological polar surface area (TPSA) is 51.7 Å². The second-order valence-electron chi connectivity index (χ2n) is 7.56. The van der Waals surface area contributed by atoms with Crippen LogP contribution in [0.4, 0.5) is 18.0 Å². The summed E-state index contributed by atoms with van der Waals surface area (Å²) in [4.78, 5) is 17.0. The maximum absolute atomic E-state index is 12.6. The minimum Gasteiger partial charge on any atom is -0.493 e. The molecule has 2 fully saturated rings. The van der Waals surface area contributed by atoms with Gasteiger partial charge in [0, 0.05) is 31.3 Å². The molecular formula is C17H21F3N2O3. The van der Waals surface area contributed by atoms with Crippen molar-refractivity contribution in [3.05, 3.63) is 24.0 Å². The summed E-state index contributed by atoms with van der Waals surface area (Å²) in [7, 11) is 0. The number of alkyl halides is 3. The van der Waals surface area contributed by atoms with Gasteiger partial charge in [-0.05, 0) is 38.7 Å². The molecule has 1 aliphatic heterocycles. The summed E-state index contributed by atoms with van der Waals surface area (Å²) >= 11 is 0. The van der Waals surface area contributed by atoms with Crippen molar-refractivity contribution in [2.45, 2.75) is 32.5 Å². The number of piperidine rings is 1. The van der Waals surface area contributed by atoms with E-state index in [-0.39, 0.29) is 17.8 Å². The van der Waals surface area contributed by atoms with Gasteiger partial charge in [-0.1, -0.05) is 0 Å². The highest BCUT2D eigenvalue weighted by molar-refractivity contribution is 5.69. The number of halogens is 3. The molecule has 3 rings (SSSR count). The lowest BCUT2D eigenvalue weighted by molar-refractivity contribution is -0.141. The number of hydrogen-bond acceptors (Lipinski definition) is 4. The number of likely N-dealkylation sites (tertiary alicyclic amines) is 1. The Morgan fingerprint density at radius 2 is 1.92 bits per heavy atom. The average Bonchev–Trinajstić information content (AvgIpc) is 2.93. The minimum absolute atomic E-state index is 0.163. The van der Waals surface area contributed by atoms with E-state index in [1.165, 1.54) is 6.07 Å². The van der Waals surface area contributed by atoms with Crippen molar-refractivity contribution in [2.24, 2.45) is 17.8 Å². The van der Waals surface area contributed by atoms with Gasteiger partial charge in [-0.15, -0.1) is 0 Å². The highest BCUT2D eigenvalue weighted by Gasteiger charge is 2.57. The van der Waals surface area contributed by atoms with Crippen LogP contribution in [0.5, 0.6) is 5.75 Å². The molecule has 1 saturated carbocycles. The number of amides is 1. The first-order chi connectivity index (χ1) is 11.5. The first kappa shape index (κ1) is 17.8. The monoisotopic (exact) mass is 358 g/mol. The van der Waals surface area contributed by atoms with E-state index in [0.717, 1.165) is 12.3 Å². The maximum atomic E-state index is 12.6. The number of fused-ring (bicyclic) bond motifs is 1. The Morgan fingerprint density at radius 3 is 2.48 bits per heavy atom. The van der Waals surface area contributed by atoms with E-state index in [4.69, 9.17) is 9.47 Å². The number of ether oxygens (including phenoxy) is 2. The smallest absolute Gasteiger partial charge is 0.433 e. The molecule has 25 heavy (non-hydrogen) atoms. The van der Waals surface area contributed by atoms with Crippen LogP contribution in [0.25, 0.3) is 0 Å². The fourth-order valence-electron chi connectivity index (χ4n) is 3.22. The number of rotatable bonds is 3. The van der Waals surface area contributed by atoms with Gasteiger partial charge in [0.15, 0.2) is 0 Å². The molecule has 1 saturated heterocycles. The summed E-state index contributed by atoms with van der Waals surface area (Å²) in [6.07, 6.45) is -3.71. The SMILES string of the molecule is CC(C)(C)OC(=O)N1CC2C(COc3ccnc(C(F)(F)F)c3)C2C1. The lowest BCUT2D eigenvalue weighted by atomic mass is 10.2. The third kappa shape index (κ3) is 4.16. The van der Waals surface area contributed by atoms with Crippen molar-refractivity contribution in [3.8, 4) is 5.75 Å². The Hall–Kier alpha value is -1.99. The molecule has 1 aliphatic carbocycles. The zero-order chi connectivity index (χ0) is 18.4. The maximum Gasteiger partial charge on any atom is 0.433 e. The van der Waals surface area contributed by atoms with Gasteiger partial charge in [0.1, 0.15) is 17.0 Å². The van der Waals surface area contributed by atoms with Crippen LogP contribution in [0.2, 0.25) is 0 Å². The molecule has 138 valence electrons. The summed E-state index contributed by atoms with van der Waals surface area (Å²) in [5.74, 6) is 1.09. The van der Waals surface area contributed by atoms with E-state index in [2.05, 4.69) is 4.98 Å². The number of carbonyl (C=O) groups is 1. The van der Waals surface area contributed by atoms with Gasteiger partial charge in [-0.2, -0.15) is 13.2 Å². The molecule has 1 aromatic heterocycles. The van der Waals surface area contributed by atoms with E-state index in [1.807, 2.05) is 20.8 Å². The second-order valence-corrected chi connectivity index (χ2v) is 7.56. The molecule has 2 unspecified atom stereocenters. The summed E-state index contributed by atoms with van der Waals surface area (Å²) in [5.41, 5.74) is -1.48. The standard InChI is InChI=1S/C17H21F3N2O3/c1-16(2,3)25-15(23)22-7-11-12(8-22)13(11)9-24-10-4-5-21-14(6-10)17(18,19)20/h4-6,11-13H,7-9H2,1-3H3. The van der Waals surface area contributed by atoms with Gasteiger partial charge < -0.3 is 14.4 Å². The lowest BCUT2D eigenvalue weighted by Crippen LogP contribution is -2.37. The number of carbonyl (C=O) groups excluding carboxylic acids is 1. The lowest BCUT2D eigenvalue weighted by Gasteiger charge is -2.25. The van der Waals surface area contributed by atoms with Gasteiger partial charge in [-0.3, -0.25) is 4.98 Å². The molecular weight excluding hydrogens is 337 g/mol. The van der Waals surface area contributed by atoms with Crippen LogP contribution >= 0.6 is 0 Å². The number of aromatic nitrogens is 1. The number of hydrogen-bond donors (Lipinski definition) is 0. The molecule has 0 radical (unpaired) electrons. The molecule has 1 aromatic rings. The molecule has 5 nitrogen and oxygen atoms in total. The summed E-state index contributed by atoms with van der Waals surface area (Å²) in [6, 6.07) is 2.32. The quantitative estimate of drug-likeness (QED) is 0.829. The fraction of sp³-hybridized carbons (Fsp3) is 0.647. The van der Waals surface area contributed by atoms with E-state index in [1.54, 1.807) is 4.90 Å². The summed E-state index contributed by atoms with van der Waals surface area (Å²) < 4.78 is 48.8. The summed E-state index contributed by atoms with van der Waals surface area (Å²) in [5, 5.41) is 0. The first-order valence-corrected chi connectivity index (χ1v) is 8.18. The van der Waals surface area contributed by atoms with Crippen LogP contribution in [-0.4, -0.2) is 41.3 Å². The predicted octanol–water partition coefficient (Wildman–Crippen LogP) is 3.59. The molecule has 0 aromatic carbocycles. The molecule has 0 spiro atoms. The highest BCUT2D eigenvalue weighted by atomic mass is 19.4. The number of nitrogens with zero attached hydrogens (tertiary/aromatic N) is 2. The van der Waals surface area contributed by atoms with Gasteiger partial charge in [-0.25, -0.2) is 4.79 Å². The first-order valence-electron chi connectivity index (χ1n) is 8.18. The Bertz CT molecular complexity index is 645.